The first kappa shape index (κ1) is 10.2. The van der Waals surface area contributed by atoms with E-state index in [1.54, 1.807) is 4.72 Å². The summed E-state index contributed by atoms with van der Waals surface area (Å²) in [4.78, 5) is 15.3. The zero-order valence-electron chi connectivity index (χ0n) is 7.02. The van der Waals surface area contributed by atoms with Gasteiger partial charge in [-0.05, 0) is 6.42 Å². The fourth-order valence-electron chi connectivity index (χ4n) is 0.812. The Labute approximate surface area is 75.7 Å². The number of methoxy groups -OCH3 is 1. The van der Waals surface area contributed by atoms with E-state index < -0.39 is 16.3 Å². The molecule has 0 atom stereocenters. The van der Waals surface area contributed by atoms with E-state index in [-0.39, 0.29) is 6.54 Å². The maximum atomic E-state index is 11.2. The summed E-state index contributed by atoms with van der Waals surface area (Å²) >= 11 is 0. The second-order valence-corrected chi connectivity index (χ2v) is 3.87. The molecule has 7 nitrogen and oxygen atoms in total. The summed E-state index contributed by atoms with van der Waals surface area (Å²) in [7, 11) is -2.81. The first-order chi connectivity index (χ1) is 6.06. The van der Waals surface area contributed by atoms with Crippen LogP contribution >= 0.6 is 0 Å². The number of ether oxygens (including phenoxy) is 1. The summed E-state index contributed by atoms with van der Waals surface area (Å²) in [6.07, 6.45) is -0.419. The zero-order chi connectivity index (χ0) is 9.90. The lowest BCUT2D eigenvalue weighted by atomic mass is 10.5. The molecule has 8 heteroatoms. The van der Waals surface area contributed by atoms with Gasteiger partial charge < -0.3 is 4.74 Å². The van der Waals surface area contributed by atoms with Gasteiger partial charge in [0.25, 0.3) is 0 Å². The van der Waals surface area contributed by atoms with E-state index in [0.717, 1.165) is 11.6 Å². The van der Waals surface area contributed by atoms with E-state index in [1.165, 1.54) is 0 Å². The maximum absolute atomic E-state index is 11.2. The first-order valence-corrected chi connectivity index (χ1v) is 5.01. The Morgan fingerprint density at radius 1 is 1.62 bits per heavy atom. The van der Waals surface area contributed by atoms with Gasteiger partial charge in [-0.25, -0.2) is 9.52 Å². The lowest BCUT2D eigenvalue weighted by molar-refractivity contribution is -0.0295. The molecular weight excluding hydrogens is 200 g/mol. The van der Waals surface area contributed by atoms with Crippen molar-refractivity contribution in [2.24, 2.45) is 0 Å². The van der Waals surface area contributed by atoms with Gasteiger partial charge in [0.05, 0.1) is 13.7 Å². The summed E-state index contributed by atoms with van der Waals surface area (Å²) in [6.45, 7) is 0.578. The first-order valence-electron chi connectivity index (χ1n) is 3.57. The number of carbonyl (C=O) groups excluding carboxylic acids is 1. The third-order valence-electron chi connectivity index (χ3n) is 1.39. The summed E-state index contributed by atoms with van der Waals surface area (Å²) in [5.74, 6) is 0. The molecule has 1 aliphatic rings. The van der Waals surface area contributed by atoms with Crippen molar-refractivity contribution in [3.63, 3.8) is 0 Å². The van der Waals surface area contributed by atoms with Crippen molar-refractivity contribution in [1.29, 1.82) is 0 Å². The van der Waals surface area contributed by atoms with E-state index in [2.05, 4.69) is 4.74 Å². The summed E-state index contributed by atoms with van der Waals surface area (Å²) in [5, 5.41) is 0. The highest BCUT2D eigenvalue weighted by molar-refractivity contribution is 7.87. The number of nitrogens with zero attached hydrogens (tertiary/aromatic N) is 1. The molecule has 1 aliphatic heterocycles. The molecule has 1 N–H and O–H groups in total. The largest absolute Gasteiger partial charge is 0.452 e. The third kappa shape index (κ3) is 2.54. The third-order valence-corrected chi connectivity index (χ3v) is 2.63. The number of carbonyl (C=O) groups is 1. The Bertz CT molecular complexity index is 281. The van der Waals surface area contributed by atoms with Crippen LogP contribution in [-0.2, 0) is 19.8 Å². The van der Waals surface area contributed by atoms with Gasteiger partial charge in [0.1, 0.15) is 0 Å². The highest BCUT2D eigenvalue weighted by Crippen LogP contribution is 2.08. The Morgan fingerprint density at radius 3 is 2.77 bits per heavy atom. The Morgan fingerprint density at radius 2 is 2.31 bits per heavy atom. The zero-order valence-corrected chi connectivity index (χ0v) is 7.83. The minimum absolute atomic E-state index is 0.242. The van der Waals surface area contributed by atoms with Crippen molar-refractivity contribution in [1.82, 2.24) is 9.19 Å². The minimum atomic E-state index is -3.88. The number of nitrogens with one attached hydrogen (secondary N) is 1. The number of hydrogen-bond donors (Lipinski definition) is 1. The van der Waals surface area contributed by atoms with Crippen LogP contribution in [0.15, 0.2) is 0 Å². The average Bonchev–Trinajstić information content (AvgIpc) is 2.55. The monoisotopic (exact) mass is 210 g/mol. The summed E-state index contributed by atoms with van der Waals surface area (Å²) < 4.78 is 28.9. The molecule has 0 aromatic carbocycles. The molecule has 1 rings (SSSR count). The van der Waals surface area contributed by atoms with Crippen molar-refractivity contribution in [2.75, 3.05) is 20.3 Å². The highest BCUT2D eigenvalue weighted by atomic mass is 32.2. The van der Waals surface area contributed by atoms with Gasteiger partial charge in [-0.1, -0.05) is 4.47 Å². The van der Waals surface area contributed by atoms with Crippen molar-refractivity contribution < 1.29 is 22.8 Å². The van der Waals surface area contributed by atoms with Crippen LogP contribution in [-0.4, -0.2) is 39.2 Å². The smallest absolute Gasteiger partial charge is 0.421 e. The van der Waals surface area contributed by atoms with Crippen LogP contribution in [0.1, 0.15) is 6.42 Å². The van der Waals surface area contributed by atoms with Crippen LogP contribution in [0.2, 0.25) is 0 Å². The summed E-state index contributed by atoms with van der Waals surface area (Å²) in [5.41, 5.74) is 0. The summed E-state index contributed by atoms with van der Waals surface area (Å²) in [6, 6.07) is 0. The molecule has 13 heavy (non-hydrogen) atoms. The number of hydrogen-bond acceptors (Lipinski definition) is 5. The Kier molecular flexibility index (Phi) is 3.07. The van der Waals surface area contributed by atoms with Crippen molar-refractivity contribution in [3.05, 3.63) is 0 Å². The lowest BCUT2D eigenvalue weighted by Gasteiger charge is -2.13. The van der Waals surface area contributed by atoms with Crippen molar-refractivity contribution in [3.8, 4) is 0 Å². The average molecular weight is 210 g/mol. The molecule has 0 radical (unpaired) electrons. The van der Waals surface area contributed by atoms with Gasteiger partial charge in [0, 0.05) is 6.54 Å². The fraction of sp³-hybridized carbons (Fsp3) is 0.800. The quantitative estimate of drug-likeness (QED) is 0.646. The van der Waals surface area contributed by atoms with E-state index in [0.29, 0.717) is 13.0 Å². The molecule has 0 spiro atoms. The fourth-order valence-corrected chi connectivity index (χ4v) is 1.79. The maximum Gasteiger partial charge on any atom is 0.421 e. The number of amides is 1. The molecular formula is C5H10N2O5S. The molecule has 1 saturated heterocycles. The predicted molar refractivity (Wildman–Crippen MR) is 41.7 cm³/mol. The normalized spacial score (nSPS) is 18.5. The van der Waals surface area contributed by atoms with Gasteiger partial charge in [0.15, 0.2) is 0 Å². The SMILES string of the molecule is COC(=O)NS(=O)(=O)N1CCCO1. The minimum Gasteiger partial charge on any atom is -0.452 e. The lowest BCUT2D eigenvalue weighted by Crippen LogP contribution is -2.41. The van der Waals surface area contributed by atoms with Crippen molar-refractivity contribution in [2.45, 2.75) is 6.42 Å². The van der Waals surface area contributed by atoms with Gasteiger partial charge in [-0.2, -0.15) is 8.42 Å². The van der Waals surface area contributed by atoms with Crippen LogP contribution in [0.4, 0.5) is 4.79 Å². The van der Waals surface area contributed by atoms with Gasteiger partial charge >= 0.3 is 16.3 Å². The molecule has 0 aromatic rings. The molecule has 0 unspecified atom stereocenters. The van der Waals surface area contributed by atoms with Crippen LogP contribution in [0.3, 0.4) is 0 Å². The second-order valence-electron chi connectivity index (χ2n) is 2.31. The Hall–Kier alpha value is -0.860. The molecule has 0 aromatic heterocycles. The number of rotatable bonds is 2. The second kappa shape index (κ2) is 3.90. The number of hydroxylamine groups is 1. The van der Waals surface area contributed by atoms with E-state index >= 15 is 0 Å². The standard InChI is InChI=1S/C5H10N2O5S/c1-11-5(8)6-13(9,10)7-3-2-4-12-7/h2-4H2,1H3,(H,6,8). The van der Waals surface area contributed by atoms with Gasteiger partial charge in [0.2, 0.25) is 0 Å². The van der Waals surface area contributed by atoms with Crippen LogP contribution in [0.25, 0.3) is 0 Å². The van der Waals surface area contributed by atoms with E-state index in [9.17, 15) is 13.2 Å². The Balaban J connectivity index is 2.60. The molecule has 0 saturated carbocycles. The van der Waals surface area contributed by atoms with Crippen molar-refractivity contribution >= 4 is 16.3 Å². The van der Waals surface area contributed by atoms with Gasteiger partial charge in [-0.15, -0.1) is 0 Å². The predicted octanol–water partition coefficient (Wildman–Crippen LogP) is -0.775. The molecule has 76 valence electrons. The molecule has 1 heterocycles. The highest BCUT2D eigenvalue weighted by Gasteiger charge is 2.28. The van der Waals surface area contributed by atoms with E-state index in [1.807, 2.05) is 0 Å². The molecule has 1 amide bonds. The topological polar surface area (TPSA) is 84.9 Å². The van der Waals surface area contributed by atoms with Gasteiger partial charge in [-0.3, -0.25) is 4.84 Å². The molecule has 0 aliphatic carbocycles. The van der Waals surface area contributed by atoms with Crippen LogP contribution in [0, 0.1) is 0 Å². The van der Waals surface area contributed by atoms with E-state index in [4.69, 9.17) is 4.84 Å². The van der Waals surface area contributed by atoms with Crippen LogP contribution in [0.5, 0.6) is 0 Å². The molecule has 0 bridgehead atoms. The van der Waals surface area contributed by atoms with Crippen LogP contribution < -0.4 is 4.72 Å². The molecule has 1 fully saturated rings.